The van der Waals surface area contributed by atoms with Crippen LogP contribution in [0.15, 0.2) is 42.5 Å². The van der Waals surface area contributed by atoms with Crippen LogP contribution in [-0.2, 0) is 9.59 Å². The average Bonchev–Trinajstić information content (AvgIpc) is 2.80. The van der Waals surface area contributed by atoms with Crippen LogP contribution in [0, 0.1) is 6.92 Å². The van der Waals surface area contributed by atoms with Crippen molar-refractivity contribution in [3.05, 3.63) is 53.6 Å². The van der Waals surface area contributed by atoms with E-state index in [-0.39, 0.29) is 24.3 Å². The summed E-state index contributed by atoms with van der Waals surface area (Å²) in [5.74, 6) is -0.213. The van der Waals surface area contributed by atoms with Crippen molar-refractivity contribution < 1.29 is 14.4 Å². The average molecular weight is 423 g/mol. The highest BCUT2D eigenvalue weighted by atomic mass is 16.2. The number of carbonyl (C=O) groups is 3. The molecule has 3 amide bonds. The molecule has 2 aromatic rings. The van der Waals surface area contributed by atoms with Crippen molar-refractivity contribution >= 4 is 34.8 Å². The molecule has 7 heteroatoms. The molecule has 0 unspecified atom stereocenters. The van der Waals surface area contributed by atoms with Crippen molar-refractivity contribution in [1.29, 1.82) is 0 Å². The fraction of sp³-hybridized carbons (Fsp3) is 0.375. The lowest BCUT2D eigenvalue weighted by atomic mass is 10.1. The summed E-state index contributed by atoms with van der Waals surface area (Å²) in [7, 11) is 0. The van der Waals surface area contributed by atoms with Crippen molar-refractivity contribution in [3.63, 3.8) is 0 Å². The zero-order chi connectivity index (χ0) is 22.2. The summed E-state index contributed by atoms with van der Waals surface area (Å²) in [6, 6.07) is 12.6. The van der Waals surface area contributed by atoms with Crippen molar-refractivity contribution in [3.8, 4) is 0 Å². The number of aryl methyl sites for hydroxylation is 1. The van der Waals surface area contributed by atoms with Gasteiger partial charge in [-0.2, -0.15) is 0 Å². The Balaban J connectivity index is 1.52. The van der Waals surface area contributed by atoms with E-state index in [0.717, 1.165) is 37.2 Å². The maximum atomic E-state index is 12.5. The first-order valence-corrected chi connectivity index (χ1v) is 10.8. The smallest absolute Gasteiger partial charge is 0.253 e. The predicted molar refractivity (Wildman–Crippen MR) is 123 cm³/mol. The van der Waals surface area contributed by atoms with Gasteiger partial charge < -0.3 is 20.9 Å². The summed E-state index contributed by atoms with van der Waals surface area (Å²) in [5, 5.41) is 8.73. The minimum absolute atomic E-state index is 0.0642. The molecule has 0 atom stereocenters. The standard InChI is InChI=1S/C24H30N4O3/c1-3-22(29)27-21-15-20(10-7-17(21)2)26-23(30)16-25-19-11-8-18(9-12-19)24(31)28-13-5-4-6-14-28/h7-12,15,25H,3-6,13-14,16H2,1-2H3,(H,26,30)(H,27,29). The van der Waals surface area contributed by atoms with Gasteiger partial charge in [0, 0.05) is 42.1 Å². The Kier molecular flexibility index (Phi) is 7.65. The number of anilines is 3. The number of rotatable bonds is 7. The van der Waals surface area contributed by atoms with Crippen LogP contribution in [0.25, 0.3) is 0 Å². The summed E-state index contributed by atoms with van der Waals surface area (Å²) >= 11 is 0. The van der Waals surface area contributed by atoms with Crippen molar-refractivity contribution in [2.45, 2.75) is 39.5 Å². The first-order valence-electron chi connectivity index (χ1n) is 10.8. The van der Waals surface area contributed by atoms with E-state index in [1.165, 1.54) is 6.42 Å². The lowest BCUT2D eigenvalue weighted by Gasteiger charge is -2.26. The molecule has 1 saturated heterocycles. The fourth-order valence-corrected chi connectivity index (χ4v) is 3.47. The number of amides is 3. The molecule has 7 nitrogen and oxygen atoms in total. The van der Waals surface area contributed by atoms with Crippen LogP contribution in [0.1, 0.15) is 48.5 Å². The van der Waals surface area contributed by atoms with E-state index >= 15 is 0 Å². The number of benzene rings is 2. The second kappa shape index (κ2) is 10.6. The second-order valence-corrected chi connectivity index (χ2v) is 7.76. The molecule has 0 aliphatic carbocycles. The van der Waals surface area contributed by atoms with Crippen molar-refractivity contribution in [2.24, 2.45) is 0 Å². The van der Waals surface area contributed by atoms with Gasteiger partial charge in [0.15, 0.2) is 0 Å². The number of hydrogen-bond acceptors (Lipinski definition) is 4. The Morgan fingerprint density at radius 2 is 1.55 bits per heavy atom. The van der Waals surface area contributed by atoms with Crippen molar-refractivity contribution in [1.82, 2.24) is 4.90 Å². The Hall–Kier alpha value is -3.35. The minimum atomic E-state index is -0.204. The van der Waals surface area contributed by atoms with E-state index in [1.54, 1.807) is 31.2 Å². The summed E-state index contributed by atoms with van der Waals surface area (Å²) in [6.07, 6.45) is 3.70. The van der Waals surface area contributed by atoms with Gasteiger partial charge in [-0.05, 0) is 68.1 Å². The van der Waals surface area contributed by atoms with Gasteiger partial charge in [-0.25, -0.2) is 0 Å². The van der Waals surface area contributed by atoms with Crippen LogP contribution >= 0.6 is 0 Å². The molecule has 3 rings (SSSR count). The van der Waals surface area contributed by atoms with E-state index in [2.05, 4.69) is 16.0 Å². The molecule has 1 heterocycles. The molecule has 0 spiro atoms. The molecule has 0 bridgehead atoms. The first kappa shape index (κ1) is 22.3. The number of carbonyl (C=O) groups excluding carboxylic acids is 3. The normalized spacial score (nSPS) is 13.4. The number of hydrogen-bond donors (Lipinski definition) is 3. The maximum Gasteiger partial charge on any atom is 0.253 e. The lowest BCUT2D eigenvalue weighted by molar-refractivity contribution is -0.116. The third-order valence-electron chi connectivity index (χ3n) is 5.34. The van der Waals surface area contributed by atoms with Crippen LogP contribution in [0.2, 0.25) is 0 Å². The van der Waals surface area contributed by atoms with Crippen molar-refractivity contribution in [2.75, 3.05) is 35.6 Å². The van der Waals surface area contributed by atoms with E-state index in [9.17, 15) is 14.4 Å². The number of likely N-dealkylation sites (tertiary alicyclic amines) is 1. The maximum absolute atomic E-state index is 12.5. The Morgan fingerprint density at radius 3 is 2.23 bits per heavy atom. The largest absolute Gasteiger partial charge is 0.376 e. The molecule has 2 aromatic carbocycles. The Labute approximate surface area is 183 Å². The Bertz CT molecular complexity index is 934. The molecular weight excluding hydrogens is 392 g/mol. The first-order chi connectivity index (χ1) is 15.0. The monoisotopic (exact) mass is 422 g/mol. The third kappa shape index (κ3) is 6.31. The molecule has 0 radical (unpaired) electrons. The third-order valence-corrected chi connectivity index (χ3v) is 5.34. The summed E-state index contributed by atoms with van der Waals surface area (Å²) in [6.45, 7) is 5.42. The summed E-state index contributed by atoms with van der Waals surface area (Å²) in [5.41, 5.74) is 3.67. The SMILES string of the molecule is CCC(=O)Nc1cc(NC(=O)CNc2ccc(C(=O)N3CCCCC3)cc2)ccc1C. The molecule has 31 heavy (non-hydrogen) atoms. The summed E-state index contributed by atoms with van der Waals surface area (Å²) in [4.78, 5) is 38.4. The minimum Gasteiger partial charge on any atom is -0.376 e. The molecule has 164 valence electrons. The molecular formula is C24H30N4O3. The van der Waals surface area contributed by atoms with Gasteiger partial charge in [-0.1, -0.05) is 13.0 Å². The quantitative estimate of drug-likeness (QED) is 0.629. The van der Waals surface area contributed by atoms with Gasteiger partial charge in [-0.3, -0.25) is 14.4 Å². The number of nitrogens with zero attached hydrogens (tertiary/aromatic N) is 1. The highest BCUT2D eigenvalue weighted by molar-refractivity contribution is 5.97. The molecule has 3 N–H and O–H groups in total. The highest BCUT2D eigenvalue weighted by Crippen LogP contribution is 2.21. The second-order valence-electron chi connectivity index (χ2n) is 7.76. The zero-order valence-electron chi connectivity index (χ0n) is 18.2. The van der Waals surface area contributed by atoms with Gasteiger partial charge in [0.25, 0.3) is 5.91 Å². The summed E-state index contributed by atoms with van der Waals surface area (Å²) < 4.78 is 0. The Morgan fingerprint density at radius 1 is 0.871 bits per heavy atom. The van der Waals surface area contributed by atoms with E-state index in [4.69, 9.17) is 0 Å². The highest BCUT2D eigenvalue weighted by Gasteiger charge is 2.17. The molecule has 0 aromatic heterocycles. The van der Waals surface area contributed by atoms with Crippen LogP contribution in [0.4, 0.5) is 17.1 Å². The van der Waals surface area contributed by atoms with Crippen LogP contribution < -0.4 is 16.0 Å². The van der Waals surface area contributed by atoms with Crippen LogP contribution in [-0.4, -0.2) is 42.3 Å². The van der Waals surface area contributed by atoms with Gasteiger partial charge in [-0.15, -0.1) is 0 Å². The topological polar surface area (TPSA) is 90.5 Å². The lowest BCUT2D eigenvalue weighted by Crippen LogP contribution is -2.35. The van der Waals surface area contributed by atoms with Gasteiger partial charge >= 0.3 is 0 Å². The number of nitrogens with one attached hydrogen (secondary N) is 3. The van der Waals surface area contributed by atoms with Gasteiger partial charge in [0.2, 0.25) is 11.8 Å². The fourth-order valence-electron chi connectivity index (χ4n) is 3.47. The van der Waals surface area contributed by atoms with Crippen LogP contribution in [0.3, 0.4) is 0 Å². The molecule has 1 fully saturated rings. The van der Waals surface area contributed by atoms with Crippen LogP contribution in [0.5, 0.6) is 0 Å². The van der Waals surface area contributed by atoms with Gasteiger partial charge in [0.05, 0.1) is 6.54 Å². The van der Waals surface area contributed by atoms with Gasteiger partial charge in [0.1, 0.15) is 0 Å². The van der Waals surface area contributed by atoms with E-state index < -0.39 is 0 Å². The molecule has 0 saturated carbocycles. The predicted octanol–water partition coefficient (Wildman–Crippen LogP) is 4.02. The van der Waals surface area contributed by atoms with E-state index in [1.807, 2.05) is 30.0 Å². The van der Waals surface area contributed by atoms with E-state index in [0.29, 0.717) is 23.4 Å². The molecule has 1 aliphatic heterocycles. The molecule has 1 aliphatic rings. The zero-order valence-corrected chi connectivity index (χ0v) is 18.2. The number of piperidine rings is 1.